The highest BCUT2D eigenvalue weighted by atomic mass is 32.2. The molecule has 0 aromatic carbocycles. The van der Waals surface area contributed by atoms with Gasteiger partial charge in [-0.25, -0.2) is 13.1 Å². The molecule has 0 aliphatic rings. The summed E-state index contributed by atoms with van der Waals surface area (Å²) in [7, 11) is -2.00. The molecule has 8 heteroatoms. The van der Waals surface area contributed by atoms with Crippen molar-refractivity contribution in [2.45, 2.75) is 31.3 Å². The second-order valence-corrected chi connectivity index (χ2v) is 5.92. The highest BCUT2D eigenvalue weighted by molar-refractivity contribution is 7.89. The summed E-state index contributed by atoms with van der Waals surface area (Å²) in [6.45, 7) is 4.69. The summed E-state index contributed by atoms with van der Waals surface area (Å²) in [5.41, 5.74) is 5.62. The van der Waals surface area contributed by atoms with Crippen LogP contribution in [-0.4, -0.2) is 37.5 Å². The lowest BCUT2D eigenvalue weighted by molar-refractivity contribution is 0.0778. The minimum absolute atomic E-state index is 0.00905. The summed E-state index contributed by atoms with van der Waals surface area (Å²) in [6, 6.07) is 0. The maximum atomic E-state index is 11.9. The Morgan fingerprint density at radius 1 is 1.56 bits per heavy atom. The Morgan fingerprint density at radius 3 is 2.72 bits per heavy atom. The Labute approximate surface area is 107 Å². The highest BCUT2D eigenvalue weighted by Crippen LogP contribution is 2.15. The quantitative estimate of drug-likeness (QED) is 0.688. The topological polar surface area (TPSA) is 99.2 Å². The van der Waals surface area contributed by atoms with Gasteiger partial charge in [0.05, 0.1) is 12.3 Å². The van der Waals surface area contributed by atoms with Gasteiger partial charge in [-0.15, -0.1) is 0 Å². The third-order valence-electron chi connectivity index (χ3n) is 2.30. The van der Waals surface area contributed by atoms with Crippen LogP contribution >= 0.6 is 0 Å². The number of sulfonamides is 1. The third kappa shape index (κ3) is 3.97. The summed E-state index contributed by atoms with van der Waals surface area (Å²) < 4.78 is 32.8. The van der Waals surface area contributed by atoms with Crippen molar-refractivity contribution in [3.05, 3.63) is 6.20 Å². The molecule has 18 heavy (non-hydrogen) atoms. The number of nitrogens with one attached hydrogen (secondary N) is 1. The Bertz CT molecular complexity index is 481. The van der Waals surface area contributed by atoms with Gasteiger partial charge in [0, 0.05) is 20.2 Å². The van der Waals surface area contributed by atoms with Crippen LogP contribution in [0.3, 0.4) is 0 Å². The molecule has 0 spiro atoms. The summed E-state index contributed by atoms with van der Waals surface area (Å²) in [5.74, 6) is 0.126. The molecule has 1 aromatic rings. The van der Waals surface area contributed by atoms with Crippen molar-refractivity contribution in [3.63, 3.8) is 0 Å². The van der Waals surface area contributed by atoms with Crippen LogP contribution in [0.1, 0.15) is 20.3 Å². The van der Waals surface area contributed by atoms with Gasteiger partial charge in [-0.2, -0.15) is 5.10 Å². The van der Waals surface area contributed by atoms with E-state index in [1.807, 2.05) is 13.8 Å². The van der Waals surface area contributed by atoms with Crippen molar-refractivity contribution in [2.75, 3.05) is 18.9 Å². The van der Waals surface area contributed by atoms with E-state index in [1.165, 1.54) is 10.9 Å². The zero-order valence-electron chi connectivity index (χ0n) is 10.9. The predicted octanol–water partition coefficient (Wildman–Crippen LogP) is 0.0957. The fraction of sp³-hybridized carbons (Fsp3) is 0.700. The van der Waals surface area contributed by atoms with Crippen LogP contribution in [0, 0.1) is 0 Å². The smallest absolute Gasteiger partial charge is 0.245 e. The van der Waals surface area contributed by atoms with E-state index in [0.717, 1.165) is 0 Å². The number of nitrogens with zero attached hydrogens (tertiary/aromatic N) is 2. The number of ether oxygens (including phenoxy) is 1. The maximum Gasteiger partial charge on any atom is 0.245 e. The molecule has 3 N–H and O–H groups in total. The van der Waals surface area contributed by atoms with Crippen LogP contribution in [0.25, 0.3) is 0 Å². The van der Waals surface area contributed by atoms with Gasteiger partial charge in [0.15, 0.2) is 0 Å². The van der Waals surface area contributed by atoms with Crippen molar-refractivity contribution in [1.29, 1.82) is 0 Å². The zero-order valence-corrected chi connectivity index (χ0v) is 11.7. The number of hydrogen-bond acceptors (Lipinski definition) is 5. The lowest BCUT2D eigenvalue weighted by Crippen LogP contribution is -2.26. The van der Waals surface area contributed by atoms with Crippen LogP contribution in [0.4, 0.5) is 5.82 Å². The van der Waals surface area contributed by atoms with E-state index in [4.69, 9.17) is 10.5 Å². The first-order chi connectivity index (χ1) is 8.34. The number of hydrogen-bond donors (Lipinski definition) is 2. The second-order valence-electron chi connectivity index (χ2n) is 4.19. The molecule has 7 nitrogen and oxygen atoms in total. The molecule has 1 aromatic heterocycles. The third-order valence-corrected chi connectivity index (χ3v) is 3.78. The minimum atomic E-state index is -3.58. The molecule has 0 saturated carbocycles. The number of anilines is 1. The number of nitrogen functional groups attached to an aromatic ring is 1. The Hall–Kier alpha value is -1.12. The zero-order chi connectivity index (χ0) is 13.8. The number of rotatable bonds is 7. The summed E-state index contributed by atoms with van der Waals surface area (Å²) in [6.07, 6.45) is 2.00. The molecule has 0 aliphatic carbocycles. The number of nitrogens with two attached hydrogens (primary N) is 1. The van der Waals surface area contributed by atoms with Gasteiger partial charge in [-0.3, -0.25) is 4.68 Å². The number of aromatic nitrogens is 2. The van der Waals surface area contributed by atoms with Crippen molar-refractivity contribution in [3.8, 4) is 0 Å². The lowest BCUT2D eigenvalue weighted by atomic mass is 10.4. The van der Waals surface area contributed by atoms with Crippen LogP contribution in [0.15, 0.2) is 11.1 Å². The van der Waals surface area contributed by atoms with Crippen LogP contribution in [-0.2, 0) is 21.8 Å². The standard InChI is InChI=1S/C10H20N4O3S/c1-8(2)17-6-4-5-13-18(15,16)9-7-12-14(3)10(9)11/h7-8,13H,4-6,11H2,1-3H3. The lowest BCUT2D eigenvalue weighted by Gasteiger charge is -2.08. The first-order valence-electron chi connectivity index (χ1n) is 5.73. The van der Waals surface area contributed by atoms with Gasteiger partial charge in [-0.1, -0.05) is 0 Å². The minimum Gasteiger partial charge on any atom is -0.383 e. The summed E-state index contributed by atoms with van der Waals surface area (Å²) >= 11 is 0. The fourth-order valence-corrected chi connectivity index (χ4v) is 2.47. The second kappa shape index (κ2) is 6.17. The predicted molar refractivity (Wildman–Crippen MR) is 68.5 cm³/mol. The molecule has 0 aliphatic heterocycles. The first-order valence-corrected chi connectivity index (χ1v) is 7.21. The average Bonchev–Trinajstić information content (AvgIpc) is 2.59. The summed E-state index contributed by atoms with van der Waals surface area (Å²) in [4.78, 5) is 0.00905. The molecule has 0 unspecified atom stereocenters. The highest BCUT2D eigenvalue weighted by Gasteiger charge is 2.19. The van der Waals surface area contributed by atoms with E-state index >= 15 is 0 Å². The van der Waals surface area contributed by atoms with Crippen LogP contribution < -0.4 is 10.5 Å². The van der Waals surface area contributed by atoms with Gasteiger partial charge in [0.2, 0.25) is 10.0 Å². The SMILES string of the molecule is CC(C)OCCCNS(=O)(=O)c1cnn(C)c1N. The molecule has 0 fully saturated rings. The molecular formula is C10H20N4O3S. The molecule has 0 bridgehead atoms. The molecule has 0 saturated heterocycles. The van der Waals surface area contributed by atoms with E-state index in [-0.39, 0.29) is 16.8 Å². The monoisotopic (exact) mass is 276 g/mol. The molecule has 1 heterocycles. The Kier molecular flexibility index (Phi) is 5.12. The van der Waals surface area contributed by atoms with Gasteiger partial charge in [-0.05, 0) is 20.3 Å². The molecule has 0 amide bonds. The molecule has 0 atom stereocenters. The van der Waals surface area contributed by atoms with E-state index in [1.54, 1.807) is 7.05 Å². The van der Waals surface area contributed by atoms with Crippen molar-refractivity contribution < 1.29 is 13.2 Å². The van der Waals surface area contributed by atoms with Gasteiger partial charge >= 0.3 is 0 Å². The van der Waals surface area contributed by atoms with Crippen molar-refractivity contribution in [2.24, 2.45) is 7.05 Å². The number of aryl methyl sites for hydroxylation is 1. The Balaban J connectivity index is 2.48. The van der Waals surface area contributed by atoms with Gasteiger partial charge < -0.3 is 10.5 Å². The van der Waals surface area contributed by atoms with Gasteiger partial charge in [0.25, 0.3) is 0 Å². The Morgan fingerprint density at radius 2 is 2.22 bits per heavy atom. The van der Waals surface area contributed by atoms with E-state index in [0.29, 0.717) is 19.6 Å². The van der Waals surface area contributed by atoms with Gasteiger partial charge in [0.1, 0.15) is 10.7 Å². The largest absolute Gasteiger partial charge is 0.383 e. The van der Waals surface area contributed by atoms with Crippen molar-refractivity contribution in [1.82, 2.24) is 14.5 Å². The van der Waals surface area contributed by atoms with Crippen molar-refractivity contribution >= 4 is 15.8 Å². The maximum absolute atomic E-state index is 11.9. The molecule has 1 rings (SSSR count). The van der Waals surface area contributed by atoms with E-state index < -0.39 is 10.0 Å². The van der Waals surface area contributed by atoms with Crippen LogP contribution in [0.2, 0.25) is 0 Å². The molecular weight excluding hydrogens is 256 g/mol. The van der Waals surface area contributed by atoms with E-state index in [2.05, 4.69) is 9.82 Å². The summed E-state index contributed by atoms with van der Waals surface area (Å²) in [5, 5.41) is 3.80. The molecule has 104 valence electrons. The van der Waals surface area contributed by atoms with Crippen LogP contribution in [0.5, 0.6) is 0 Å². The fourth-order valence-electron chi connectivity index (χ4n) is 1.31. The normalized spacial score (nSPS) is 12.2. The average molecular weight is 276 g/mol. The molecule has 0 radical (unpaired) electrons. The van der Waals surface area contributed by atoms with E-state index in [9.17, 15) is 8.42 Å². The first kappa shape index (κ1) is 14.9.